The van der Waals surface area contributed by atoms with E-state index in [1.165, 1.54) is 19.2 Å². The van der Waals surface area contributed by atoms with Crippen LogP contribution in [0.3, 0.4) is 0 Å². The van der Waals surface area contributed by atoms with Gasteiger partial charge in [0.25, 0.3) is 5.56 Å². The van der Waals surface area contributed by atoms with Gasteiger partial charge < -0.3 is 9.47 Å². The third-order valence-corrected chi connectivity index (χ3v) is 6.64. The van der Waals surface area contributed by atoms with Crippen molar-refractivity contribution in [2.75, 3.05) is 7.11 Å². The molecule has 0 bridgehead atoms. The number of ether oxygens (including phenoxy) is 2. The summed E-state index contributed by atoms with van der Waals surface area (Å²) >= 11 is 1.16. The lowest BCUT2D eigenvalue weighted by Crippen LogP contribution is -2.40. The first-order valence-corrected chi connectivity index (χ1v) is 11.9. The van der Waals surface area contributed by atoms with Gasteiger partial charge in [0.2, 0.25) is 0 Å². The average molecular weight is 534 g/mol. The van der Waals surface area contributed by atoms with Crippen LogP contribution in [0.15, 0.2) is 52.1 Å². The highest BCUT2D eigenvalue weighted by molar-refractivity contribution is 7.13. The normalized spacial score (nSPS) is 12.5. The molecule has 2 aromatic heterocycles. The molecule has 0 aliphatic heterocycles. The van der Waals surface area contributed by atoms with E-state index in [0.29, 0.717) is 48.7 Å². The van der Waals surface area contributed by atoms with Gasteiger partial charge in [-0.25, -0.2) is 14.2 Å². The van der Waals surface area contributed by atoms with E-state index in [0.717, 1.165) is 24.1 Å². The van der Waals surface area contributed by atoms with E-state index in [9.17, 15) is 27.6 Å². The van der Waals surface area contributed by atoms with Gasteiger partial charge in [-0.1, -0.05) is 18.6 Å². The molecule has 0 aliphatic carbocycles. The zero-order valence-electron chi connectivity index (χ0n) is 20.3. The molecule has 0 N–H and O–H groups in total. The molecule has 12 heteroatoms. The topological polar surface area (TPSA) is 92.4 Å². The van der Waals surface area contributed by atoms with Crippen molar-refractivity contribution in [3.05, 3.63) is 74.6 Å². The minimum absolute atomic E-state index is 0.0874. The van der Waals surface area contributed by atoms with E-state index in [2.05, 4.69) is 4.37 Å². The summed E-state index contributed by atoms with van der Waals surface area (Å²) < 4.78 is 56.9. The summed E-state index contributed by atoms with van der Waals surface area (Å²) in [6.07, 6.45) is -5.34. The van der Waals surface area contributed by atoms with Gasteiger partial charge in [0.1, 0.15) is 11.4 Å². The Morgan fingerprint density at radius 1 is 1.14 bits per heavy atom. The second-order valence-corrected chi connectivity index (χ2v) is 9.10. The van der Waals surface area contributed by atoms with Crippen molar-refractivity contribution in [2.24, 2.45) is 7.05 Å². The predicted octanol–water partition coefficient (Wildman–Crippen LogP) is 4.47. The van der Waals surface area contributed by atoms with E-state index >= 15 is 0 Å². The van der Waals surface area contributed by atoms with Gasteiger partial charge in [-0.15, -0.1) is 0 Å². The highest BCUT2D eigenvalue weighted by atomic mass is 32.1. The molecule has 0 amide bonds. The van der Waals surface area contributed by atoms with Crippen molar-refractivity contribution in [3.8, 4) is 22.7 Å². The first kappa shape index (κ1) is 26.1. The van der Waals surface area contributed by atoms with E-state index in [1.54, 1.807) is 19.1 Å². The Hall–Kier alpha value is -3.93. The number of alkyl halides is 3. The van der Waals surface area contributed by atoms with Crippen LogP contribution in [0.1, 0.15) is 24.6 Å². The minimum atomic E-state index is -4.86. The molecule has 2 heterocycles. The predicted molar refractivity (Wildman–Crippen MR) is 132 cm³/mol. The Morgan fingerprint density at radius 2 is 1.86 bits per heavy atom. The van der Waals surface area contributed by atoms with Crippen molar-refractivity contribution < 1.29 is 27.4 Å². The number of hydrogen-bond donors (Lipinski definition) is 0. The first-order valence-electron chi connectivity index (χ1n) is 11.1. The Balaban J connectivity index is 1.89. The van der Waals surface area contributed by atoms with Crippen molar-refractivity contribution in [3.63, 3.8) is 0 Å². The Morgan fingerprint density at radius 3 is 2.51 bits per heavy atom. The fourth-order valence-electron chi connectivity index (χ4n) is 3.91. The van der Waals surface area contributed by atoms with Crippen LogP contribution in [0, 0.1) is 6.92 Å². The van der Waals surface area contributed by atoms with E-state index < -0.39 is 35.2 Å². The van der Waals surface area contributed by atoms with Crippen LogP contribution >= 0.6 is 11.5 Å². The fourth-order valence-corrected chi connectivity index (χ4v) is 4.68. The standard InChI is InChI=1S/C25H22F3N3O5S/c1-5-17(23(33)35-4)36-18-8-6-13(2)10-15(18)22-16-11-14(7-9-19(16)37-29-22)31-21(32)12-20(25(26,27)28)30(3)24(31)34/h6-12,17H,5H2,1-4H3. The lowest BCUT2D eigenvalue weighted by Gasteiger charge is -2.18. The third kappa shape index (κ3) is 4.88. The monoisotopic (exact) mass is 533 g/mol. The second-order valence-electron chi connectivity index (χ2n) is 8.29. The van der Waals surface area contributed by atoms with Crippen LogP contribution < -0.4 is 16.0 Å². The summed E-state index contributed by atoms with van der Waals surface area (Å²) in [6.45, 7) is 3.65. The Kier molecular flexibility index (Phi) is 6.96. The van der Waals surface area contributed by atoms with Crippen LogP contribution in [-0.2, 0) is 22.8 Å². The van der Waals surface area contributed by atoms with Crippen LogP contribution in [0.4, 0.5) is 13.2 Å². The van der Waals surface area contributed by atoms with Crippen molar-refractivity contribution >= 4 is 27.6 Å². The fraction of sp³-hybridized carbons (Fsp3) is 0.280. The van der Waals surface area contributed by atoms with Gasteiger partial charge in [-0.05, 0) is 55.2 Å². The maximum Gasteiger partial charge on any atom is 0.431 e. The molecule has 0 spiro atoms. The number of methoxy groups -OCH3 is 1. The van der Waals surface area contributed by atoms with Gasteiger partial charge in [0.05, 0.1) is 23.2 Å². The zero-order valence-corrected chi connectivity index (χ0v) is 21.1. The molecule has 0 saturated carbocycles. The van der Waals surface area contributed by atoms with Crippen LogP contribution in [0.2, 0.25) is 0 Å². The quantitative estimate of drug-likeness (QED) is 0.340. The summed E-state index contributed by atoms with van der Waals surface area (Å²) in [7, 11) is 2.23. The number of hydrogen-bond acceptors (Lipinski definition) is 7. The van der Waals surface area contributed by atoms with Crippen molar-refractivity contribution in [1.29, 1.82) is 0 Å². The summed E-state index contributed by atoms with van der Waals surface area (Å²) in [5.74, 6) is -0.153. The molecule has 0 fully saturated rings. The molecule has 0 aliphatic rings. The number of esters is 1. The minimum Gasteiger partial charge on any atom is -0.478 e. The zero-order chi connectivity index (χ0) is 27.1. The van der Waals surface area contributed by atoms with E-state index in [4.69, 9.17) is 9.47 Å². The number of aryl methyl sites for hydroxylation is 1. The summed E-state index contributed by atoms with van der Waals surface area (Å²) in [4.78, 5) is 37.5. The summed E-state index contributed by atoms with van der Waals surface area (Å²) in [5, 5.41) is 0.554. The molecule has 37 heavy (non-hydrogen) atoms. The van der Waals surface area contributed by atoms with Crippen LogP contribution in [-0.4, -0.2) is 32.7 Å². The second kappa shape index (κ2) is 9.85. The number of fused-ring (bicyclic) bond motifs is 1. The summed E-state index contributed by atoms with van der Waals surface area (Å²) in [5.41, 5.74) is -1.57. The first-order chi connectivity index (χ1) is 17.5. The molecule has 194 valence electrons. The van der Waals surface area contributed by atoms with Gasteiger partial charge >= 0.3 is 17.8 Å². The molecular formula is C25H22F3N3O5S. The Labute approximate surface area is 212 Å². The number of nitrogens with zero attached hydrogens (tertiary/aromatic N) is 3. The molecule has 1 atom stereocenters. The van der Waals surface area contributed by atoms with Crippen molar-refractivity contribution in [2.45, 2.75) is 32.5 Å². The third-order valence-electron chi connectivity index (χ3n) is 5.82. The largest absolute Gasteiger partial charge is 0.478 e. The van der Waals surface area contributed by atoms with Gasteiger partial charge in [-0.2, -0.15) is 17.5 Å². The SMILES string of the molecule is CCC(Oc1ccc(C)cc1-c1nsc2ccc(-n3c(=O)cc(C(F)(F)F)n(C)c3=O)cc12)C(=O)OC. The van der Waals surface area contributed by atoms with Crippen LogP contribution in [0.25, 0.3) is 27.0 Å². The van der Waals surface area contributed by atoms with Gasteiger partial charge in [-0.3, -0.25) is 9.36 Å². The number of carbonyl (C=O) groups is 1. The van der Waals surface area contributed by atoms with Crippen LogP contribution in [0.5, 0.6) is 5.75 Å². The van der Waals surface area contributed by atoms with Gasteiger partial charge in [0.15, 0.2) is 6.10 Å². The lowest BCUT2D eigenvalue weighted by molar-refractivity contribution is -0.149. The maximum absolute atomic E-state index is 13.3. The molecular weight excluding hydrogens is 511 g/mol. The highest BCUT2D eigenvalue weighted by Gasteiger charge is 2.35. The number of carbonyl (C=O) groups excluding carboxylic acids is 1. The molecule has 0 saturated heterocycles. The molecule has 8 nitrogen and oxygen atoms in total. The molecule has 2 aromatic carbocycles. The van der Waals surface area contributed by atoms with Gasteiger partial charge in [0, 0.05) is 24.1 Å². The van der Waals surface area contributed by atoms with E-state index in [1.807, 2.05) is 19.1 Å². The smallest absolute Gasteiger partial charge is 0.431 e. The molecule has 4 aromatic rings. The number of benzene rings is 2. The molecule has 0 radical (unpaired) electrons. The Bertz CT molecular complexity index is 1620. The number of aromatic nitrogens is 3. The lowest BCUT2D eigenvalue weighted by atomic mass is 10.0. The van der Waals surface area contributed by atoms with Crippen molar-refractivity contribution in [1.82, 2.24) is 13.5 Å². The maximum atomic E-state index is 13.3. The average Bonchev–Trinajstić information content (AvgIpc) is 3.27. The molecule has 4 rings (SSSR count). The van der Waals surface area contributed by atoms with E-state index in [-0.39, 0.29) is 5.69 Å². The number of rotatable bonds is 6. The molecule has 1 unspecified atom stereocenters. The highest BCUT2D eigenvalue weighted by Crippen LogP contribution is 2.38. The number of halogens is 3. The summed E-state index contributed by atoms with van der Waals surface area (Å²) in [6, 6.07) is 10.4.